The third-order valence-electron chi connectivity index (χ3n) is 5.66. The van der Waals surface area contributed by atoms with Crippen LogP contribution in [-0.2, 0) is 16.5 Å². The van der Waals surface area contributed by atoms with Gasteiger partial charge in [0.15, 0.2) is 5.75 Å². The molecule has 4 aromatic carbocycles. The Labute approximate surface area is 228 Å². The van der Waals surface area contributed by atoms with Crippen LogP contribution in [0.1, 0.15) is 22.8 Å². The van der Waals surface area contributed by atoms with Crippen LogP contribution in [0.15, 0.2) is 75.8 Å². The number of phenolic OH excluding ortho intramolecular Hbond substituents is 1. The van der Waals surface area contributed by atoms with Crippen molar-refractivity contribution in [3.63, 3.8) is 0 Å². The van der Waals surface area contributed by atoms with Crippen molar-refractivity contribution < 1.29 is 27.6 Å². The number of carbonyl (C=O) groups excluding carboxylic acids is 1. The van der Waals surface area contributed by atoms with Crippen LogP contribution in [0.5, 0.6) is 11.5 Å². The van der Waals surface area contributed by atoms with E-state index in [0.717, 1.165) is 0 Å². The number of nitrogens with one attached hydrogen (secondary N) is 1. The Balaban J connectivity index is 1.85. The highest BCUT2D eigenvalue weighted by molar-refractivity contribution is 7.86. The van der Waals surface area contributed by atoms with Crippen molar-refractivity contribution in [2.75, 3.05) is 12.4 Å². The van der Waals surface area contributed by atoms with E-state index in [1.807, 2.05) is 6.92 Å². The first-order valence-electron chi connectivity index (χ1n) is 11.1. The lowest BCUT2D eigenvalue weighted by Gasteiger charge is -2.13. The number of halogens is 2. The molecule has 0 spiro atoms. The molecule has 0 bridgehead atoms. The molecule has 4 aromatic rings. The minimum Gasteiger partial charge on any atom is -0.505 e. The fourth-order valence-electron chi connectivity index (χ4n) is 3.82. The molecule has 0 aliphatic rings. The number of amides is 1. The van der Waals surface area contributed by atoms with Gasteiger partial charge in [-0.2, -0.15) is 8.42 Å². The van der Waals surface area contributed by atoms with E-state index in [0.29, 0.717) is 39.2 Å². The normalized spacial score (nSPS) is 11.7. The Bertz CT molecular complexity index is 1710. The van der Waals surface area contributed by atoms with Gasteiger partial charge >= 0.3 is 0 Å². The minimum absolute atomic E-state index is 0.0874. The monoisotopic (exact) mass is 573 g/mol. The van der Waals surface area contributed by atoms with Crippen molar-refractivity contribution in [3.8, 4) is 11.5 Å². The average Bonchev–Trinajstić information content (AvgIpc) is 2.87. The van der Waals surface area contributed by atoms with Gasteiger partial charge in [-0.15, -0.1) is 10.2 Å². The molecule has 12 heteroatoms. The molecule has 4 rings (SSSR count). The first-order valence-corrected chi connectivity index (χ1v) is 13.3. The van der Waals surface area contributed by atoms with Crippen LogP contribution in [0.4, 0.5) is 17.1 Å². The molecule has 1 amide bonds. The molecule has 0 fully saturated rings. The van der Waals surface area contributed by atoms with Crippen molar-refractivity contribution in [2.45, 2.75) is 18.2 Å². The lowest BCUT2D eigenvalue weighted by atomic mass is 10.0. The molecular weight excluding hydrogens is 553 g/mol. The van der Waals surface area contributed by atoms with Crippen LogP contribution in [0.3, 0.4) is 0 Å². The fourth-order valence-corrected chi connectivity index (χ4v) is 5.18. The van der Waals surface area contributed by atoms with E-state index < -0.39 is 26.7 Å². The number of carbonyl (C=O) groups is 1. The summed E-state index contributed by atoms with van der Waals surface area (Å²) in [5, 5.41) is 23.1. The highest BCUT2D eigenvalue weighted by atomic mass is 35.5. The van der Waals surface area contributed by atoms with Gasteiger partial charge in [-0.1, -0.05) is 54.4 Å². The summed E-state index contributed by atoms with van der Waals surface area (Å²) < 4.78 is 39.0. The predicted molar refractivity (Wildman–Crippen MR) is 146 cm³/mol. The van der Waals surface area contributed by atoms with Gasteiger partial charge in [-0.3, -0.25) is 9.35 Å². The molecule has 0 aliphatic carbocycles. The number of hydrogen-bond acceptors (Lipinski definition) is 7. The van der Waals surface area contributed by atoms with Gasteiger partial charge in [-0.05, 0) is 47.7 Å². The quantitative estimate of drug-likeness (QED) is 0.156. The first-order chi connectivity index (χ1) is 18.0. The summed E-state index contributed by atoms with van der Waals surface area (Å²) in [6.07, 6.45) is 0.506. The molecule has 0 unspecified atom stereocenters. The largest absolute Gasteiger partial charge is 0.505 e. The number of rotatable bonds is 7. The zero-order valence-corrected chi connectivity index (χ0v) is 22.4. The smallest absolute Gasteiger partial charge is 0.298 e. The molecule has 0 atom stereocenters. The lowest BCUT2D eigenvalue weighted by Crippen LogP contribution is -2.13. The summed E-state index contributed by atoms with van der Waals surface area (Å²) in [5.41, 5.74) is 0.540. The molecule has 196 valence electrons. The van der Waals surface area contributed by atoms with Gasteiger partial charge in [-0.25, -0.2) is 0 Å². The van der Waals surface area contributed by atoms with Gasteiger partial charge in [0, 0.05) is 16.5 Å². The van der Waals surface area contributed by atoms with Crippen LogP contribution in [0.25, 0.3) is 10.8 Å². The number of aryl methyl sites for hydroxylation is 1. The standard InChI is InChI=1S/C26H21Cl2N3O6S/c1-3-14-10-19(28)25(38(34,35)36)21(11-14)30-31-23-17-7-5-4-6-15(17)12-18(24(23)32)26(33)29-20-9-8-16(27)13-22(20)37-2/h4-13,32H,3H2,1-2H3,(H,29,33)(H,34,35,36). The summed E-state index contributed by atoms with van der Waals surface area (Å²) in [6, 6.07) is 15.8. The fraction of sp³-hybridized carbons (Fsp3) is 0.115. The maximum atomic E-state index is 13.2. The maximum Gasteiger partial charge on any atom is 0.298 e. The Morgan fingerprint density at radius 3 is 2.47 bits per heavy atom. The van der Waals surface area contributed by atoms with Crippen LogP contribution in [0, 0.1) is 0 Å². The Kier molecular flexibility index (Phi) is 7.89. The van der Waals surface area contributed by atoms with E-state index in [-0.39, 0.29) is 22.0 Å². The third-order valence-corrected chi connectivity index (χ3v) is 7.25. The SMILES string of the molecule is CCc1cc(Cl)c(S(=O)(=O)O)c(N=Nc2c(O)c(C(=O)Nc3ccc(Cl)cc3OC)cc3ccccc23)c1. The van der Waals surface area contributed by atoms with Crippen LogP contribution < -0.4 is 10.1 Å². The molecule has 0 aromatic heterocycles. The summed E-state index contributed by atoms with van der Waals surface area (Å²) in [7, 11) is -3.32. The maximum absolute atomic E-state index is 13.2. The molecule has 0 aliphatic heterocycles. The topological polar surface area (TPSA) is 138 Å². The summed E-state index contributed by atoms with van der Waals surface area (Å²) in [5.74, 6) is -0.847. The van der Waals surface area contributed by atoms with E-state index >= 15 is 0 Å². The second kappa shape index (κ2) is 11.0. The molecule has 3 N–H and O–H groups in total. The first kappa shape index (κ1) is 27.3. The summed E-state index contributed by atoms with van der Waals surface area (Å²) >= 11 is 12.1. The number of ether oxygens (including phenoxy) is 1. The minimum atomic E-state index is -4.75. The molecule has 0 radical (unpaired) electrons. The average molecular weight is 574 g/mol. The lowest BCUT2D eigenvalue weighted by molar-refractivity contribution is 0.102. The van der Waals surface area contributed by atoms with Gasteiger partial charge < -0.3 is 15.2 Å². The van der Waals surface area contributed by atoms with Crippen molar-refractivity contribution in [3.05, 3.63) is 81.8 Å². The second-order valence-electron chi connectivity index (χ2n) is 8.10. The number of nitrogens with zero attached hydrogens (tertiary/aromatic N) is 2. The van der Waals surface area contributed by atoms with E-state index in [1.165, 1.54) is 31.4 Å². The van der Waals surface area contributed by atoms with Crippen molar-refractivity contribution in [1.82, 2.24) is 0 Å². The molecule has 38 heavy (non-hydrogen) atoms. The highest BCUT2D eigenvalue weighted by Gasteiger charge is 2.23. The van der Waals surface area contributed by atoms with Crippen molar-refractivity contribution in [1.29, 1.82) is 0 Å². The molecule has 0 heterocycles. The number of aromatic hydroxyl groups is 1. The van der Waals surface area contributed by atoms with E-state index in [1.54, 1.807) is 36.4 Å². The van der Waals surface area contributed by atoms with Gasteiger partial charge in [0.25, 0.3) is 16.0 Å². The summed E-state index contributed by atoms with van der Waals surface area (Å²) in [6.45, 7) is 1.83. The predicted octanol–water partition coefficient (Wildman–Crippen LogP) is 7.34. The third kappa shape index (κ3) is 5.58. The van der Waals surface area contributed by atoms with Gasteiger partial charge in [0.1, 0.15) is 22.0 Å². The number of anilines is 1. The van der Waals surface area contributed by atoms with Gasteiger partial charge in [0.2, 0.25) is 0 Å². The van der Waals surface area contributed by atoms with Gasteiger partial charge in [0.05, 0.1) is 23.4 Å². The van der Waals surface area contributed by atoms with E-state index in [4.69, 9.17) is 27.9 Å². The Hall–Kier alpha value is -3.70. The van der Waals surface area contributed by atoms with Crippen LogP contribution >= 0.6 is 23.2 Å². The molecular formula is C26H21Cl2N3O6S. The van der Waals surface area contributed by atoms with E-state index in [2.05, 4.69) is 15.5 Å². The number of benzene rings is 4. The number of hydrogen-bond donors (Lipinski definition) is 3. The zero-order chi connectivity index (χ0) is 27.6. The molecule has 9 nitrogen and oxygen atoms in total. The number of fused-ring (bicyclic) bond motifs is 1. The second-order valence-corrected chi connectivity index (χ2v) is 10.3. The molecule has 0 saturated heterocycles. The Morgan fingerprint density at radius 2 is 1.79 bits per heavy atom. The van der Waals surface area contributed by atoms with E-state index in [9.17, 15) is 22.9 Å². The summed E-state index contributed by atoms with van der Waals surface area (Å²) in [4.78, 5) is 12.6. The van der Waals surface area contributed by atoms with Crippen LogP contribution in [-0.4, -0.2) is 31.1 Å². The zero-order valence-electron chi connectivity index (χ0n) is 20.1. The highest BCUT2D eigenvalue weighted by Crippen LogP contribution is 2.41. The number of methoxy groups -OCH3 is 1. The Morgan fingerprint density at radius 1 is 1.05 bits per heavy atom. The number of phenols is 1. The van der Waals surface area contributed by atoms with Crippen LogP contribution in [0.2, 0.25) is 10.0 Å². The number of azo groups is 1. The van der Waals surface area contributed by atoms with Crippen molar-refractivity contribution in [2.24, 2.45) is 10.2 Å². The molecule has 0 saturated carbocycles. The van der Waals surface area contributed by atoms with Crippen molar-refractivity contribution >= 4 is 67.1 Å².